The summed E-state index contributed by atoms with van der Waals surface area (Å²) in [5.74, 6) is -0.446. The van der Waals surface area contributed by atoms with Gasteiger partial charge in [0, 0.05) is 31.7 Å². The Balaban J connectivity index is 1.58. The molecule has 2 aliphatic heterocycles. The van der Waals surface area contributed by atoms with Crippen molar-refractivity contribution in [2.24, 2.45) is 5.41 Å². The lowest BCUT2D eigenvalue weighted by molar-refractivity contribution is -0.200. The Labute approximate surface area is 185 Å². The normalized spacial score (nSPS) is 19.9. The zero-order valence-corrected chi connectivity index (χ0v) is 17.8. The molecule has 32 heavy (non-hydrogen) atoms. The zero-order chi connectivity index (χ0) is 23.9. The van der Waals surface area contributed by atoms with Crippen LogP contribution >= 0.6 is 11.6 Å². The van der Waals surface area contributed by atoms with E-state index >= 15 is 0 Å². The summed E-state index contributed by atoms with van der Waals surface area (Å²) in [5.41, 5.74) is -1.28. The lowest BCUT2D eigenvalue weighted by Gasteiger charge is -2.39. The maximum atomic E-state index is 12.9. The average Bonchev–Trinajstić information content (AvgIpc) is 3.09. The van der Waals surface area contributed by atoms with E-state index in [-0.39, 0.29) is 24.1 Å². The Kier molecular flexibility index (Phi) is 6.61. The molecule has 2 heterocycles. The highest BCUT2D eigenvalue weighted by atomic mass is 35.5. The van der Waals surface area contributed by atoms with Gasteiger partial charge in [0.2, 0.25) is 0 Å². The third kappa shape index (κ3) is 5.24. The lowest BCUT2D eigenvalue weighted by atomic mass is 9.78. The molecule has 0 saturated carbocycles. The van der Waals surface area contributed by atoms with Gasteiger partial charge in [-0.05, 0) is 49.8 Å². The molecule has 178 valence electrons. The van der Waals surface area contributed by atoms with Crippen LogP contribution in [0.1, 0.15) is 42.1 Å². The Morgan fingerprint density at radius 3 is 2.09 bits per heavy atom. The number of benzene rings is 1. The van der Waals surface area contributed by atoms with Gasteiger partial charge in [0.15, 0.2) is 6.10 Å². The second kappa shape index (κ2) is 8.64. The number of hydrogen-bond donors (Lipinski definition) is 0. The van der Waals surface area contributed by atoms with Crippen LogP contribution < -0.4 is 0 Å². The molecular formula is C20H21ClF6N2O3. The molecule has 5 nitrogen and oxygen atoms in total. The fourth-order valence-corrected chi connectivity index (χ4v) is 4.32. The van der Waals surface area contributed by atoms with Gasteiger partial charge >= 0.3 is 18.4 Å². The van der Waals surface area contributed by atoms with Gasteiger partial charge in [-0.3, -0.25) is 4.79 Å². The Hall–Kier alpha value is -2.17. The van der Waals surface area contributed by atoms with Crippen LogP contribution in [-0.2, 0) is 10.9 Å². The van der Waals surface area contributed by atoms with Crippen molar-refractivity contribution in [3.63, 3.8) is 0 Å². The number of alkyl halides is 6. The van der Waals surface area contributed by atoms with Crippen molar-refractivity contribution in [1.29, 1.82) is 0 Å². The van der Waals surface area contributed by atoms with Crippen LogP contribution in [0.15, 0.2) is 18.2 Å². The molecule has 0 N–H and O–H groups in total. The molecule has 1 unspecified atom stereocenters. The summed E-state index contributed by atoms with van der Waals surface area (Å²) < 4.78 is 80.8. The summed E-state index contributed by atoms with van der Waals surface area (Å²) >= 11 is 5.71. The topological polar surface area (TPSA) is 49.9 Å². The standard InChI is InChI=1S/C20H21ClF6N2O3/c1-12(19(22,23)24)32-17(31)28-7-4-18(5-8-28)6-9-29(11-18)16(30)13-2-3-14(15(21)10-13)20(25,26)27/h2-3,10,12H,4-9,11H2,1H3. The number of likely N-dealkylation sites (tertiary alicyclic amines) is 2. The molecule has 2 fully saturated rings. The van der Waals surface area contributed by atoms with Gasteiger partial charge in [-0.25, -0.2) is 4.79 Å². The second-order valence-electron chi connectivity index (χ2n) is 8.22. The predicted molar refractivity (Wildman–Crippen MR) is 102 cm³/mol. The number of halogens is 7. The molecule has 1 aromatic rings. The fraction of sp³-hybridized carbons (Fsp3) is 0.600. The van der Waals surface area contributed by atoms with Gasteiger partial charge in [0.1, 0.15) is 0 Å². The summed E-state index contributed by atoms with van der Waals surface area (Å²) in [6.45, 7) is 1.87. The highest BCUT2D eigenvalue weighted by molar-refractivity contribution is 6.31. The monoisotopic (exact) mass is 486 g/mol. The van der Waals surface area contributed by atoms with Crippen molar-refractivity contribution < 1.29 is 40.7 Å². The zero-order valence-electron chi connectivity index (χ0n) is 17.0. The molecule has 1 spiro atoms. The minimum atomic E-state index is -4.64. The molecular weight excluding hydrogens is 466 g/mol. The van der Waals surface area contributed by atoms with Crippen molar-refractivity contribution >= 4 is 23.6 Å². The summed E-state index contributed by atoms with van der Waals surface area (Å²) in [7, 11) is 0. The Morgan fingerprint density at radius 1 is 1.03 bits per heavy atom. The molecule has 0 aromatic heterocycles. The second-order valence-corrected chi connectivity index (χ2v) is 8.63. The van der Waals surface area contributed by atoms with Crippen LogP contribution in [0.2, 0.25) is 5.02 Å². The number of hydrogen-bond acceptors (Lipinski definition) is 3. The molecule has 0 aliphatic carbocycles. The van der Waals surface area contributed by atoms with Gasteiger partial charge in [-0.2, -0.15) is 26.3 Å². The van der Waals surface area contributed by atoms with Crippen LogP contribution in [0.5, 0.6) is 0 Å². The van der Waals surface area contributed by atoms with E-state index in [0.717, 1.165) is 25.1 Å². The van der Waals surface area contributed by atoms with Crippen molar-refractivity contribution in [3.8, 4) is 0 Å². The first-order valence-corrected chi connectivity index (χ1v) is 10.3. The third-order valence-electron chi connectivity index (χ3n) is 6.07. The smallest absolute Gasteiger partial charge is 0.425 e. The Morgan fingerprint density at radius 2 is 1.59 bits per heavy atom. The Bertz CT molecular complexity index is 881. The summed E-state index contributed by atoms with van der Waals surface area (Å²) in [6, 6.07) is 2.86. The number of rotatable bonds is 2. The fourth-order valence-electron chi connectivity index (χ4n) is 4.03. The number of nitrogens with zero attached hydrogens (tertiary/aromatic N) is 2. The first-order chi connectivity index (χ1) is 14.7. The first-order valence-electron chi connectivity index (χ1n) is 9.90. The SMILES string of the molecule is CC(OC(=O)N1CCC2(CC1)CCN(C(=O)c1ccc(C(F)(F)F)c(Cl)c1)C2)C(F)(F)F. The van der Waals surface area contributed by atoms with Crippen molar-refractivity contribution in [1.82, 2.24) is 9.80 Å². The van der Waals surface area contributed by atoms with E-state index in [1.807, 2.05) is 0 Å². The molecule has 12 heteroatoms. The molecule has 2 saturated heterocycles. The van der Waals surface area contributed by atoms with Crippen LogP contribution in [0.25, 0.3) is 0 Å². The number of ether oxygens (including phenoxy) is 1. The van der Waals surface area contributed by atoms with E-state index in [1.54, 1.807) is 0 Å². The van der Waals surface area contributed by atoms with Crippen molar-refractivity contribution in [2.45, 2.75) is 44.6 Å². The van der Waals surface area contributed by atoms with Crippen LogP contribution in [-0.4, -0.2) is 60.3 Å². The molecule has 1 aromatic carbocycles. The average molecular weight is 487 g/mol. The third-order valence-corrected chi connectivity index (χ3v) is 6.38. The van der Waals surface area contributed by atoms with Gasteiger partial charge in [0.05, 0.1) is 10.6 Å². The molecule has 2 amide bonds. The van der Waals surface area contributed by atoms with Crippen molar-refractivity contribution in [3.05, 3.63) is 34.3 Å². The largest absolute Gasteiger partial charge is 0.437 e. The van der Waals surface area contributed by atoms with E-state index < -0.39 is 41.0 Å². The van der Waals surface area contributed by atoms with E-state index in [0.29, 0.717) is 32.4 Å². The van der Waals surface area contributed by atoms with Gasteiger partial charge in [-0.1, -0.05) is 11.6 Å². The van der Waals surface area contributed by atoms with Crippen LogP contribution in [0.4, 0.5) is 31.1 Å². The van der Waals surface area contributed by atoms with E-state index in [2.05, 4.69) is 4.74 Å². The van der Waals surface area contributed by atoms with Gasteiger partial charge < -0.3 is 14.5 Å². The highest BCUT2D eigenvalue weighted by Crippen LogP contribution is 2.41. The molecule has 1 atom stereocenters. The maximum Gasteiger partial charge on any atom is 0.425 e. The van der Waals surface area contributed by atoms with E-state index in [1.165, 1.54) is 9.80 Å². The summed E-state index contributed by atoms with van der Waals surface area (Å²) in [5, 5.41) is -0.558. The molecule has 0 radical (unpaired) electrons. The minimum Gasteiger partial charge on any atom is -0.437 e. The number of piperidine rings is 1. The van der Waals surface area contributed by atoms with Crippen LogP contribution in [0, 0.1) is 5.41 Å². The number of carbonyl (C=O) groups is 2. The lowest BCUT2D eigenvalue weighted by Crippen LogP contribution is -2.46. The van der Waals surface area contributed by atoms with Crippen molar-refractivity contribution in [2.75, 3.05) is 26.2 Å². The number of carbonyl (C=O) groups excluding carboxylic acids is 2. The van der Waals surface area contributed by atoms with Crippen LogP contribution in [0.3, 0.4) is 0 Å². The quantitative estimate of drug-likeness (QED) is 0.528. The van der Waals surface area contributed by atoms with Gasteiger partial charge in [0.25, 0.3) is 5.91 Å². The van der Waals surface area contributed by atoms with E-state index in [4.69, 9.17) is 11.6 Å². The molecule has 0 bridgehead atoms. The summed E-state index contributed by atoms with van der Waals surface area (Å²) in [6.07, 6.45) is -10.9. The predicted octanol–water partition coefficient (Wildman–Crippen LogP) is 5.37. The molecule has 2 aliphatic rings. The summed E-state index contributed by atoms with van der Waals surface area (Å²) in [4.78, 5) is 27.5. The molecule has 3 rings (SSSR count). The van der Waals surface area contributed by atoms with E-state index in [9.17, 15) is 35.9 Å². The maximum absolute atomic E-state index is 12.9. The van der Waals surface area contributed by atoms with Gasteiger partial charge in [-0.15, -0.1) is 0 Å². The minimum absolute atomic E-state index is 0.0437. The number of amides is 2. The first kappa shape index (κ1) is 24.5. The highest BCUT2D eigenvalue weighted by Gasteiger charge is 2.45.